The average molecular weight is 283 g/mol. The van der Waals surface area contributed by atoms with Crippen molar-refractivity contribution >= 4 is 5.91 Å². The lowest BCUT2D eigenvalue weighted by atomic mass is 9.89. The van der Waals surface area contributed by atoms with E-state index in [0.29, 0.717) is 11.8 Å². The second kappa shape index (κ2) is 8.66. The van der Waals surface area contributed by atoms with E-state index in [1.165, 1.54) is 32.1 Å². The van der Waals surface area contributed by atoms with Crippen LogP contribution in [0.1, 0.15) is 78.6 Å². The monoisotopic (exact) mass is 283 g/mol. The van der Waals surface area contributed by atoms with Crippen LogP contribution in [0.2, 0.25) is 0 Å². The number of carbonyl (C=O) groups excluding carboxylic acids is 1. The minimum Gasteiger partial charge on any atom is -0.393 e. The van der Waals surface area contributed by atoms with Crippen molar-refractivity contribution in [3.05, 3.63) is 0 Å². The van der Waals surface area contributed by atoms with Crippen molar-refractivity contribution in [2.24, 2.45) is 5.41 Å². The van der Waals surface area contributed by atoms with Crippen molar-refractivity contribution in [1.29, 1.82) is 0 Å². The van der Waals surface area contributed by atoms with Crippen LogP contribution >= 0.6 is 0 Å². The summed E-state index contributed by atoms with van der Waals surface area (Å²) in [6.07, 6.45) is 9.33. The molecule has 1 N–H and O–H groups in total. The topological polar surface area (TPSA) is 40.5 Å². The largest absolute Gasteiger partial charge is 0.393 e. The third-order valence-corrected chi connectivity index (χ3v) is 4.13. The summed E-state index contributed by atoms with van der Waals surface area (Å²) < 4.78 is 0. The van der Waals surface area contributed by atoms with Gasteiger partial charge < -0.3 is 10.0 Å². The summed E-state index contributed by atoms with van der Waals surface area (Å²) in [6.45, 7) is 8.36. The number of rotatable bonds is 7. The summed E-state index contributed by atoms with van der Waals surface area (Å²) in [4.78, 5) is 13.9. The van der Waals surface area contributed by atoms with Gasteiger partial charge in [0.2, 0.25) is 5.91 Å². The van der Waals surface area contributed by atoms with Crippen LogP contribution in [-0.2, 0) is 4.79 Å². The minimum atomic E-state index is -0.193. The van der Waals surface area contributed by atoms with Crippen molar-refractivity contribution in [1.82, 2.24) is 4.90 Å². The Kier molecular flexibility index (Phi) is 7.57. The van der Waals surface area contributed by atoms with Crippen molar-refractivity contribution in [3.63, 3.8) is 0 Å². The lowest BCUT2D eigenvalue weighted by molar-refractivity contribution is -0.133. The van der Waals surface area contributed by atoms with Crippen molar-refractivity contribution in [2.75, 3.05) is 13.1 Å². The maximum Gasteiger partial charge on any atom is 0.222 e. The molecule has 20 heavy (non-hydrogen) atoms. The van der Waals surface area contributed by atoms with Crippen LogP contribution in [0.15, 0.2) is 0 Å². The van der Waals surface area contributed by atoms with Crippen LogP contribution in [0.4, 0.5) is 0 Å². The molecule has 1 saturated heterocycles. The standard InChI is InChI=1S/C17H33NO2/c1-17(2,3)12-8-6-4-5-7-9-16(20)18-13-10-15(19)11-14-18/h15,19H,4-14H2,1-3H3. The molecular formula is C17H33NO2. The highest BCUT2D eigenvalue weighted by molar-refractivity contribution is 5.76. The molecule has 1 aliphatic heterocycles. The maximum absolute atomic E-state index is 12.0. The Balaban J connectivity index is 1.97. The first-order valence-electron chi connectivity index (χ1n) is 8.34. The van der Waals surface area contributed by atoms with Crippen molar-refractivity contribution in [2.45, 2.75) is 84.7 Å². The van der Waals surface area contributed by atoms with Gasteiger partial charge in [-0.2, -0.15) is 0 Å². The Hall–Kier alpha value is -0.570. The number of hydrogen-bond donors (Lipinski definition) is 1. The molecule has 0 unspecified atom stereocenters. The molecule has 0 aromatic rings. The van der Waals surface area contributed by atoms with E-state index in [9.17, 15) is 9.90 Å². The fourth-order valence-electron chi connectivity index (χ4n) is 2.74. The van der Waals surface area contributed by atoms with Gasteiger partial charge in [0.15, 0.2) is 0 Å². The fraction of sp³-hybridized carbons (Fsp3) is 0.941. The molecule has 0 bridgehead atoms. The number of piperidine rings is 1. The number of nitrogens with zero attached hydrogens (tertiary/aromatic N) is 1. The van der Waals surface area contributed by atoms with Gasteiger partial charge in [0.25, 0.3) is 0 Å². The summed E-state index contributed by atoms with van der Waals surface area (Å²) in [5.41, 5.74) is 0.453. The van der Waals surface area contributed by atoms with Crippen LogP contribution < -0.4 is 0 Å². The van der Waals surface area contributed by atoms with E-state index < -0.39 is 0 Å². The van der Waals surface area contributed by atoms with E-state index >= 15 is 0 Å². The maximum atomic E-state index is 12.0. The van der Waals surface area contributed by atoms with Crippen molar-refractivity contribution < 1.29 is 9.90 Å². The van der Waals surface area contributed by atoms with Crippen LogP contribution in [0.3, 0.4) is 0 Å². The molecule has 0 atom stereocenters. The van der Waals surface area contributed by atoms with E-state index in [0.717, 1.165) is 32.4 Å². The third-order valence-electron chi connectivity index (χ3n) is 4.13. The van der Waals surface area contributed by atoms with Crippen LogP contribution in [-0.4, -0.2) is 35.1 Å². The van der Waals surface area contributed by atoms with Crippen LogP contribution in [0.5, 0.6) is 0 Å². The molecule has 118 valence electrons. The molecule has 0 aromatic heterocycles. The smallest absolute Gasteiger partial charge is 0.222 e. The van der Waals surface area contributed by atoms with Gasteiger partial charge in [0.1, 0.15) is 0 Å². The Labute approximate surface area is 124 Å². The average Bonchev–Trinajstić information content (AvgIpc) is 2.37. The van der Waals surface area contributed by atoms with Gasteiger partial charge in [-0.15, -0.1) is 0 Å². The van der Waals surface area contributed by atoms with E-state index in [-0.39, 0.29) is 12.0 Å². The van der Waals surface area contributed by atoms with Gasteiger partial charge in [-0.05, 0) is 31.1 Å². The van der Waals surface area contributed by atoms with Crippen molar-refractivity contribution in [3.8, 4) is 0 Å². The molecule has 1 fully saturated rings. The zero-order valence-electron chi connectivity index (χ0n) is 13.7. The summed E-state index contributed by atoms with van der Waals surface area (Å²) in [5, 5.41) is 9.42. The van der Waals surface area contributed by atoms with E-state index in [1.807, 2.05) is 4.90 Å². The Bertz CT molecular complexity index is 275. The zero-order chi connectivity index (χ0) is 15.0. The molecular weight excluding hydrogens is 250 g/mol. The predicted octanol–water partition coefficient (Wildman–Crippen LogP) is 3.75. The molecule has 0 radical (unpaired) electrons. The number of carbonyl (C=O) groups is 1. The molecule has 0 spiro atoms. The lowest BCUT2D eigenvalue weighted by Gasteiger charge is -2.29. The van der Waals surface area contributed by atoms with E-state index in [2.05, 4.69) is 20.8 Å². The van der Waals surface area contributed by atoms with Crippen LogP contribution in [0.25, 0.3) is 0 Å². The Morgan fingerprint density at radius 1 is 1.05 bits per heavy atom. The SMILES string of the molecule is CC(C)(C)CCCCCCCC(=O)N1CCC(O)CC1. The summed E-state index contributed by atoms with van der Waals surface area (Å²) in [7, 11) is 0. The molecule has 1 rings (SSSR count). The van der Waals surface area contributed by atoms with Gasteiger partial charge in [-0.25, -0.2) is 0 Å². The highest BCUT2D eigenvalue weighted by Gasteiger charge is 2.20. The molecule has 3 heteroatoms. The molecule has 3 nitrogen and oxygen atoms in total. The molecule has 0 aromatic carbocycles. The molecule has 1 aliphatic rings. The lowest BCUT2D eigenvalue weighted by Crippen LogP contribution is -2.39. The number of likely N-dealkylation sites (tertiary alicyclic amines) is 1. The summed E-state index contributed by atoms with van der Waals surface area (Å²) in [5.74, 6) is 0.284. The quantitative estimate of drug-likeness (QED) is 0.723. The zero-order valence-corrected chi connectivity index (χ0v) is 13.7. The first-order chi connectivity index (χ1) is 9.38. The van der Waals surface area contributed by atoms with Crippen LogP contribution in [0, 0.1) is 5.41 Å². The second-order valence-corrected chi connectivity index (χ2v) is 7.44. The first kappa shape index (κ1) is 17.5. The Morgan fingerprint density at radius 3 is 2.20 bits per heavy atom. The fourth-order valence-corrected chi connectivity index (χ4v) is 2.74. The number of hydrogen-bond acceptors (Lipinski definition) is 2. The Morgan fingerprint density at radius 2 is 1.60 bits per heavy atom. The third kappa shape index (κ3) is 7.88. The predicted molar refractivity (Wildman–Crippen MR) is 83.6 cm³/mol. The second-order valence-electron chi connectivity index (χ2n) is 7.44. The molecule has 1 amide bonds. The first-order valence-corrected chi connectivity index (χ1v) is 8.34. The number of amides is 1. The highest BCUT2D eigenvalue weighted by Crippen LogP contribution is 2.22. The van der Waals surface area contributed by atoms with Gasteiger partial charge in [-0.3, -0.25) is 4.79 Å². The van der Waals surface area contributed by atoms with E-state index in [4.69, 9.17) is 0 Å². The summed E-state index contributed by atoms with van der Waals surface area (Å²) >= 11 is 0. The minimum absolute atomic E-state index is 0.193. The summed E-state index contributed by atoms with van der Waals surface area (Å²) in [6, 6.07) is 0. The molecule has 0 saturated carbocycles. The van der Waals surface area contributed by atoms with Gasteiger partial charge in [-0.1, -0.05) is 46.5 Å². The normalized spacial score (nSPS) is 17.5. The molecule has 0 aliphatic carbocycles. The van der Waals surface area contributed by atoms with Gasteiger partial charge >= 0.3 is 0 Å². The number of unbranched alkanes of at least 4 members (excludes halogenated alkanes) is 4. The van der Waals surface area contributed by atoms with E-state index in [1.54, 1.807) is 0 Å². The van der Waals surface area contributed by atoms with Gasteiger partial charge in [0.05, 0.1) is 6.10 Å². The number of aliphatic hydroxyl groups excluding tert-OH is 1. The highest BCUT2D eigenvalue weighted by atomic mass is 16.3. The van der Waals surface area contributed by atoms with Gasteiger partial charge in [0, 0.05) is 19.5 Å². The molecule has 1 heterocycles. The number of aliphatic hydroxyl groups is 1.